The Labute approximate surface area is 152 Å². The number of thiazole rings is 1. The van der Waals surface area contributed by atoms with Gasteiger partial charge in [0.05, 0.1) is 35.7 Å². The maximum atomic E-state index is 12.4. The highest BCUT2D eigenvalue weighted by Gasteiger charge is 2.13. The summed E-state index contributed by atoms with van der Waals surface area (Å²) in [7, 11) is 2.94. The molecule has 0 bridgehead atoms. The lowest BCUT2D eigenvalue weighted by molar-refractivity contribution is 0.0601. The van der Waals surface area contributed by atoms with Gasteiger partial charge in [-0.25, -0.2) is 9.78 Å². The van der Waals surface area contributed by atoms with Gasteiger partial charge in [0, 0.05) is 26.0 Å². The number of nitrogens with zero attached hydrogens (tertiary/aromatic N) is 4. The van der Waals surface area contributed by atoms with Crippen molar-refractivity contribution < 1.29 is 19.1 Å². The van der Waals surface area contributed by atoms with Crippen LogP contribution in [0, 0.1) is 0 Å². The van der Waals surface area contributed by atoms with Crippen LogP contribution in [-0.4, -0.2) is 47.2 Å². The van der Waals surface area contributed by atoms with Gasteiger partial charge in [0.15, 0.2) is 4.80 Å². The number of benzene rings is 1. The zero-order chi connectivity index (χ0) is 18.5. The highest BCUT2D eigenvalue weighted by molar-refractivity contribution is 7.16. The molecule has 2 aromatic heterocycles. The van der Waals surface area contributed by atoms with Crippen LogP contribution in [-0.2, 0) is 16.0 Å². The first-order chi connectivity index (χ1) is 12.6. The smallest absolute Gasteiger partial charge is 0.337 e. The number of carbonyl (C=O) groups excluding carboxylic acids is 2. The van der Waals surface area contributed by atoms with Crippen molar-refractivity contribution in [1.82, 2.24) is 14.5 Å². The monoisotopic (exact) mass is 372 g/mol. The molecule has 134 valence electrons. The maximum absolute atomic E-state index is 12.4. The fraction of sp³-hybridized carbons (Fsp3) is 0.235. The van der Waals surface area contributed by atoms with E-state index >= 15 is 0 Å². The van der Waals surface area contributed by atoms with Crippen molar-refractivity contribution in [3.05, 3.63) is 52.8 Å². The number of rotatable bonds is 5. The summed E-state index contributed by atoms with van der Waals surface area (Å²) >= 11 is 1.30. The average Bonchev–Trinajstić information content (AvgIpc) is 3.02. The molecule has 3 rings (SSSR count). The molecular weight excluding hydrogens is 356 g/mol. The minimum Gasteiger partial charge on any atom is -0.465 e. The van der Waals surface area contributed by atoms with Crippen LogP contribution in [0.25, 0.3) is 10.2 Å². The van der Waals surface area contributed by atoms with Crippen molar-refractivity contribution in [1.29, 1.82) is 0 Å². The lowest BCUT2D eigenvalue weighted by Crippen LogP contribution is -2.19. The van der Waals surface area contributed by atoms with Crippen LogP contribution in [0.5, 0.6) is 0 Å². The minimum atomic E-state index is -0.482. The first-order valence-corrected chi connectivity index (χ1v) is 8.51. The van der Waals surface area contributed by atoms with Crippen molar-refractivity contribution in [2.75, 3.05) is 20.8 Å². The van der Waals surface area contributed by atoms with Gasteiger partial charge in [-0.1, -0.05) is 11.3 Å². The van der Waals surface area contributed by atoms with E-state index in [2.05, 4.69) is 15.0 Å². The van der Waals surface area contributed by atoms with Crippen molar-refractivity contribution in [3.63, 3.8) is 0 Å². The van der Waals surface area contributed by atoms with E-state index in [0.717, 1.165) is 10.2 Å². The topological polar surface area (TPSA) is 95.7 Å². The summed E-state index contributed by atoms with van der Waals surface area (Å²) in [5, 5.41) is 0. The normalized spacial score (nSPS) is 11.7. The van der Waals surface area contributed by atoms with E-state index in [1.54, 1.807) is 25.3 Å². The lowest BCUT2D eigenvalue weighted by atomic mass is 10.2. The number of esters is 1. The number of ether oxygens (including phenoxy) is 2. The van der Waals surface area contributed by atoms with E-state index in [1.165, 1.54) is 37.0 Å². The molecule has 0 aliphatic heterocycles. The van der Waals surface area contributed by atoms with E-state index in [0.29, 0.717) is 23.5 Å². The molecule has 2 heterocycles. The Morgan fingerprint density at radius 2 is 2.12 bits per heavy atom. The highest BCUT2D eigenvalue weighted by Crippen LogP contribution is 2.20. The van der Waals surface area contributed by atoms with E-state index in [4.69, 9.17) is 9.47 Å². The first kappa shape index (κ1) is 17.9. The molecule has 1 aromatic carbocycles. The molecule has 1 amide bonds. The van der Waals surface area contributed by atoms with Gasteiger partial charge in [-0.05, 0) is 18.2 Å². The predicted octanol–water partition coefficient (Wildman–Crippen LogP) is 1.67. The van der Waals surface area contributed by atoms with Crippen LogP contribution in [0.15, 0.2) is 41.8 Å². The number of aromatic nitrogens is 3. The van der Waals surface area contributed by atoms with Crippen molar-refractivity contribution >= 4 is 33.4 Å². The standard InChI is InChI=1S/C17H16N4O4S/c1-24-8-7-21-13-4-3-11(16(23)25-2)9-14(13)26-17(21)20-15(22)12-10-18-5-6-19-12/h3-6,9-10H,7-8H2,1-2H3. The molecule has 0 saturated carbocycles. The molecular formula is C17H16N4O4S. The van der Waals surface area contributed by atoms with Gasteiger partial charge in [0.1, 0.15) is 5.69 Å². The Kier molecular flexibility index (Phi) is 5.49. The Hall–Kier alpha value is -2.91. The van der Waals surface area contributed by atoms with E-state index in [1.807, 2.05) is 4.57 Å². The van der Waals surface area contributed by atoms with Crippen molar-refractivity contribution in [2.45, 2.75) is 6.54 Å². The Morgan fingerprint density at radius 3 is 2.81 bits per heavy atom. The number of fused-ring (bicyclic) bond motifs is 1. The summed E-state index contributed by atoms with van der Waals surface area (Å²) in [5.74, 6) is -0.901. The van der Waals surface area contributed by atoms with Crippen molar-refractivity contribution in [3.8, 4) is 0 Å². The lowest BCUT2D eigenvalue weighted by Gasteiger charge is -2.05. The summed E-state index contributed by atoms with van der Waals surface area (Å²) in [6.45, 7) is 0.970. The maximum Gasteiger partial charge on any atom is 0.337 e. The van der Waals surface area contributed by atoms with E-state index < -0.39 is 11.9 Å². The molecule has 0 radical (unpaired) electrons. The third-order valence-corrected chi connectivity index (χ3v) is 4.64. The summed E-state index contributed by atoms with van der Waals surface area (Å²) in [6, 6.07) is 5.21. The second-order valence-corrected chi connectivity index (χ2v) is 6.22. The van der Waals surface area contributed by atoms with Crippen LogP contribution in [0.1, 0.15) is 20.8 Å². The van der Waals surface area contributed by atoms with Gasteiger partial charge in [0.25, 0.3) is 5.91 Å². The average molecular weight is 372 g/mol. The fourth-order valence-electron chi connectivity index (χ4n) is 2.36. The Morgan fingerprint density at radius 1 is 1.27 bits per heavy atom. The predicted molar refractivity (Wildman–Crippen MR) is 95.0 cm³/mol. The van der Waals surface area contributed by atoms with E-state index in [-0.39, 0.29) is 5.69 Å². The number of carbonyl (C=O) groups is 2. The second kappa shape index (κ2) is 7.98. The van der Waals surface area contributed by atoms with Crippen LogP contribution in [0.4, 0.5) is 0 Å². The van der Waals surface area contributed by atoms with Gasteiger partial charge < -0.3 is 14.0 Å². The summed E-state index contributed by atoms with van der Waals surface area (Å²) in [6.07, 6.45) is 4.30. The molecule has 0 saturated heterocycles. The summed E-state index contributed by atoms with van der Waals surface area (Å²) in [5.41, 5.74) is 1.45. The molecule has 0 fully saturated rings. The molecule has 8 nitrogen and oxygen atoms in total. The Bertz CT molecular complexity index is 1010. The number of hydrogen-bond donors (Lipinski definition) is 0. The van der Waals surface area contributed by atoms with Crippen LogP contribution < -0.4 is 4.80 Å². The molecule has 0 aliphatic rings. The van der Waals surface area contributed by atoms with E-state index in [9.17, 15) is 9.59 Å². The van der Waals surface area contributed by atoms with Crippen LogP contribution >= 0.6 is 11.3 Å². The third kappa shape index (κ3) is 3.68. The number of hydrogen-bond acceptors (Lipinski definition) is 7. The third-order valence-electron chi connectivity index (χ3n) is 3.60. The summed E-state index contributed by atoms with van der Waals surface area (Å²) in [4.78, 5) is 36.6. The van der Waals surface area contributed by atoms with Crippen molar-refractivity contribution in [2.24, 2.45) is 4.99 Å². The molecule has 0 spiro atoms. The molecule has 0 atom stereocenters. The molecule has 3 aromatic rings. The molecule has 0 aliphatic carbocycles. The first-order valence-electron chi connectivity index (χ1n) is 7.69. The second-order valence-electron chi connectivity index (χ2n) is 5.21. The van der Waals surface area contributed by atoms with Gasteiger partial charge in [-0.2, -0.15) is 4.99 Å². The Balaban J connectivity index is 2.11. The van der Waals surface area contributed by atoms with Crippen LogP contribution in [0.2, 0.25) is 0 Å². The van der Waals surface area contributed by atoms with Gasteiger partial charge >= 0.3 is 5.97 Å². The number of amides is 1. The SMILES string of the molecule is COCCn1c(=NC(=O)c2cnccn2)sc2cc(C(=O)OC)ccc21. The fourth-order valence-corrected chi connectivity index (χ4v) is 3.45. The van der Waals surface area contributed by atoms with Gasteiger partial charge in [-0.3, -0.25) is 9.78 Å². The quantitative estimate of drug-likeness (QED) is 0.632. The zero-order valence-corrected chi connectivity index (χ0v) is 15.0. The minimum absolute atomic E-state index is 0.165. The van der Waals surface area contributed by atoms with Gasteiger partial charge in [-0.15, -0.1) is 0 Å². The zero-order valence-electron chi connectivity index (χ0n) is 14.2. The number of methoxy groups -OCH3 is 2. The van der Waals surface area contributed by atoms with Gasteiger partial charge in [0.2, 0.25) is 0 Å². The highest BCUT2D eigenvalue weighted by atomic mass is 32.1. The summed E-state index contributed by atoms with van der Waals surface area (Å²) < 4.78 is 12.6. The molecule has 0 N–H and O–H groups in total. The molecule has 9 heteroatoms. The van der Waals surface area contributed by atoms with Crippen LogP contribution in [0.3, 0.4) is 0 Å². The molecule has 0 unspecified atom stereocenters. The molecule has 26 heavy (non-hydrogen) atoms. The largest absolute Gasteiger partial charge is 0.465 e.